The van der Waals surface area contributed by atoms with Crippen LogP contribution < -0.4 is 11.5 Å². The van der Waals surface area contributed by atoms with Gasteiger partial charge in [-0.15, -0.1) is 0 Å². The Kier molecular flexibility index (Phi) is 5.22. The summed E-state index contributed by atoms with van der Waals surface area (Å²) in [5.41, 5.74) is 13.0. The highest BCUT2D eigenvalue weighted by Crippen LogP contribution is 2.45. The summed E-state index contributed by atoms with van der Waals surface area (Å²) in [4.78, 5) is 11.4. The van der Waals surface area contributed by atoms with Crippen LogP contribution in [0.2, 0.25) is 0 Å². The van der Waals surface area contributed by atoms with Crippen LogP contribution in [0.3, 0.4) is 0 Å². The van der Waals surface area contributed by atoms with Gasteiger partial charge in [0, 0.05) is 16.9 Å². The van der Waals surface area contributed by atoms with Crippen LogP contribution in [0.25, 0.3) is 0 Å². The number of amides is 1. The Bertz CT molecular complexity index is 452. The van der Waals surface area contributed by atoms with Gasteiger partial charge in [0.25, 0.3) is 0 Å². The number of rotatable bonds is 5. The maximum Gasteiger partial charge on any atom is 0.217 e. The monoisotopic (exact) mass is 338 g/mol. The number of benzene rings is 1. The first-order chi connectivity index (χ1) is 9.51. The van der Waals surface area contributed by atoms with Crippen molar-refractivity contribution in [3.8, 4) is 0 Å². The van der Waals surface area contributed by atoms with Crippen molar-refractivity contribution in [2.24, 2.45) is 16.9 Å². The van der Waals surface area contributed by atoms with E-state index >= 15 is 0 Å². The molecule has 1 atom stereocenters. The molecule has 110 valence electrons. The van der Waals surface area contributed by atoms with Gasteiger partial charge in [0.1, 0.15) is 0 Å². The summed E-state index contributed by atoms with van der Waals surface area (Å²) in [5.74, 6) is -0.199. The summed E-state index contributed by atoms with van der Waals surface area (Å²) < 4.78 is 1.05. The molecule has 0 spiro atoms. The lowest BCUT2D eigenvalue weighted by molar-refractivity contribution is -0.121. The summed E-state index contributed by atoms with van der Waals surface area (Å²) >= 11 is 3.43. The highest BCUT2D eigenvalue weighted by molar-refractivity contribution is 9.10. The predicted octanol–water partition coefficient (Wildman–Crippen LogP) is 3.66. The Labute approximate surface area is 129 Å². The van der Waals surface area contributed by atoms with Gasteiger partial charge in [0.2, 0.25) is 5.91 Å². The molecule has 1 unspecified atom stereocenters. The molecule has 1 aliphatic carbocycles. The zero-order chi connectivity index (χ0) is 14.6. The van der Waals surface area contributed by atoms with E-state index in [9.17, 15) is 4.79 Å². The number of hydrogen-bond acceptors (Lipinski definition) is 2. The number of hydrogen-bond donors (Lipinski definition) is 2. The summed E-state index contributed by atoms with van der Waals surface area (Å²) in [5, 5.41) is 0. The maximum atomic E-state index is 11.4. The number of halogens is 1. The minimum atomic E-state index is -0.199. The van der Waals surface area contributed by atoms with Gasteiger partial charge in [-0.2, -0.15) is 0 Å². The average Bonchev–Trinajstić information content (AvgIpc) is 2.39. The molecule has 1 aliphatic rings. The molecule has 1 aromatic rings. The van der Waals surface area contributed by atoms with Crippen LogP contribution in [0.1, 0.15) is 56.6 Å². The minimum absolute atomic E-state index is 0.0105. The molecule has 2 rings (SSSR count). The van der Waals surface area contributed by atoms with Crippen LogP contribution in [0.5, 0.6) is 0 Å². The van der Waals surface area contributed by atoms with Gasteiger partial charge in [0.05, 0.1) is 0 Å². The molecule has 1 amide bonds. The molecule has 0 heterocycles. The van der Waals surface area contributed by atoms with Crippen LogP contribution in [-0.2, 0) is 4.79 Å². The molecule has 1 aromatic carbocycles. The fraction of sp³-hybridized carbons (Fsp3) is 0.562. The van der Waals surface area contributed by atoms with Gasteiger partial charge in [-0.1, -0.05) is 47.3 Å². The molecule has 20 heavy (non-hydrogen) atoms. The fourth-order valence-corrected chi connectivity index (χ4v) is 3.68. The first-order valence-corrected chi connectivity index (χ1v) is 8.09. The van der Waals surface area contributed by atoms with Crippen LogP contribution in [0, 0.1) is 5.41 Å². The fourth-order valence-electron chi connectivity index (χ4n) is 3.42. The number of carbonyl (C=O) groups is 1. The van der Waals surface area contributed by atoms with E-state index in [4.69, 9.17) is 11.5 Å². The zero-order valence-corrected chi connectivity index (χ0v) is 13.4. The van der Waals surface area contributed by atoms with Gasteiger partial charge in [-0.05, 0) is 42.4 Å². The van der Waals surface area contributed by atoms with Crippen LogP contribution in [-0.4, -0.2) is 5.91 Å². The molecule has 0 aromatic heterocycles. The third kappa shape index (κ3) is 4.06. The van der Waals surface area contributed by atoms with Crippen LogP contribution in [0.15, 0.2) is 28.7 Å². The lowest BCUT2D eigenvalue weighted by Crippen LogP contribution is -2.33. The topological polar surface area (TPSA) is 69.1 Å². The Balaban J connectivity index is 2.10. The zero-order valence-electron chi connectivity index (χ0n) is 11.8. The molecule has 0 aliphatic heterocycles. The van der Waals surface area contributed by atoms with Crippen LogP contribution in [0.4, 0.5) is 0 Å². The summed E-state index contributed by atoms with van der Waals surface area (Å²) in [6, 6.07) is 8.10. The number of primary amides is 1. The van der Waals surface area contributed by atoms with Gasteiger partial charge in [-0.3, -0.25) is 4.79 Å². The number of nitrogens with two attached hydrogens (primary N) is 2. The largest absolute Gasteiger partial charge is 0.370 e. The molecular formula is C16H23BrN2O. The summed E-state index contributed by atoms with van der Waals surface area (Å²) in [6.45, 7) is 0. The predicted molar refractivity (Wildman–Crippen MR) is 85.0 cm³/mol. The van der Waals surface area contributed by atoms with Crippen molar-refractivity contribution in [1.82, 2.24) is 0 Å². The van der Waals surface area contributed by atoms with Crippen molar-refractivity contribution < 1.29 is 4.79 Å². The van der Waals surface area contributed by atoms with E-state index in [0.717, 1.165) is 29.3 Å². The molecule has 1 fully saturated rings. The molecule has 0 radical (unpaired) electrons. The Morgan fingerprint density at radius 1 is 1.20 bits per heavy atom. The third-order valence-corrected chi connectivity index (χ3v) is 4.94. The maximum absolute atomic E-state index is 11.4. The first-order valence-electron chi connectivity index (χ1n) is 7.30. The van der Waals surface area contributed by atoms with Gasteiger partial charge >= 0.3 is 0 Å². The summed E-state index contributed by atoms with van der Waals surface area (Å²) in [7, 11) is 0. The normalized spacial score (nSPS) is 19.5. The lowest BCUT2D eigenvalue weighted by Gasteiger charge is -2.38. The Morgan fingerprint density at radius 3 is 2.35 bits per heavy atom. The third-order valence-electron chi connectivity index (χ3n) is 4.41. The van der Waals surface area contributed by atoms with Gasteiger partial charge < -0.3 is 11.5 Å². The van der Waals surface area contributed by atoms with E-state index in [1.807, 2.05) is 12.1 Å². The van der Waals surface area contributed by atoms with Crippen molar-refractivity contribution in [3.63, 3.8) is 0 Å². The van der Waals surface area contributed by atoms with Crippen LogP contribution >= 0.6 is 15.9 Å². The lowest BCUT2D eigenvalue weighted by atomic mass is 9.67. The van der Waals surface area contributed by atoms with Gasteiger partial charge in [-0.25, -0.2) is 0 Å². The van der Waals surface area contributed by atoms with Crippen molar-refractivity contribution in [2.75, 3.05) is 0 Å². The minimum Gasteiger partial charge on any atom is -0.370 e. The van der Waals surface area contributed by atoms with Crippen molar-refractivity contribution in [3.05, 3.63) is 34.3 Å². The summed E-state index contributed by atoms with van der Waals surface area (Å²) in [6.07, 6.45) is 7.07. The number of carbonyl (C=O) groups excluding carboxylic acids is 1. The molecule has 1 saturated carbocycles. The SMILES string of the molecule is NC(=O)CC1(CC(N)c2ccc(Br)cc2)CCCCC1. The molecule has 4 N–H and O–H groups in total. The quantitative estimate of drug-likeness (QED) is 0.859. The molecule has 0 saturated heterocycles. The molecular weight excluding hydrogens is 316 g/mol. The van der Waals surface area contributed by atoms with Gasteiger partial charge in [0.15, 0.2) is 0 Å². The van der Waals surface area contributed by atoms with E-state index in [-0.39, 0.29) is 17.4 Å². The van der Waals surface area contributed by atoms with E-state index in [1.165, 1.54) is 19.3 Å². The van der Waals surface area contributed by atoms with E-state index in [0.29, 0.717) is 6.42 Å². The second-order valence-electron chi connectivity index (χ2n) is 6.07. The molecule has 3 nitrogen and oxygen atoms in total. The molecule has 0 bridgehead atoms. The smallest absolute Gasteiger partial charge is 0.217 e. The Morgan fingerprint density at radius 2 is 1.80 bits per heavy atom. The average molecular weight is 339 g/mol. The van der Waals surface area contributed by atoms with Crippen molar-refractivity contribution in [1.29, 1.82) is 0 Å². The highest BCUT2D eigenvalue weighted by Gasteiger charge is 2.35. The van der Waals surface area contributed by atoms with E-state index in [2.05, 4.69) is 28.1 Å². The second-order valence-corrected chi connectivity index (χ2v) is 6.98. The van der Waals surface area contributed by atoms with Crippen molar-refractivity contribution in [2.45, 2.75) is 51.0 Å². The Hall–Kier alpha value is -0.870. The standard InChI is InChI=1S/C16H23BrN2O/c17-13-6-4-12(5-7-13)14(18)10-16(11-15(19)20)8-2-1-3-9-16/h4-7,14H,1-3,8-11,18H2,(H2,19,20). The first kappa shape index (κ1) is 15.5. The van der Waals surface area contributed by atoms with E-state index < -0.39 is 0 Å². The highest BCUT2D eigenvalue weighted by atomic mass is 79.9. The van der Waals surface area contributed by atoms with Crippen molar-refractivity contribution >= 4 is 21.8 Å². The molecule has 4 heteroatoms. The van der Waals surface area contributed by atoms with E-state index in [1.54, 1.807) is 0 Å². The second kappa shape index (κ2) is 6.72.